The number of alkyl halides is 2. The lowest BCUT2D eigenvalue weighted by Gasteiger charge is -2.07. The van der Waals surface area contributed by atoms with Gasteiger partial charge < -0.3 is 5.32 Å². The van der Waals surface area contributed by atoms with E-state index in [1.54, 1.807) is 24.3 Å². The number of hydrogen-bond acceptors (Lipinski definition) is 2. The van der Waals surface area contributed by atoms with Gasteiger partial charge in [-0.05, 0) is 53.6 Å². The van der Waals surface area contributed by atoms with Crippen molar-refractivity contribution < 1.29 is 9.59 Å². The van der Waals surface area contributed by atoms with Crippen LogP contribution >= 0.6 is 69.6 Å². The summed E-state index contributed by atoms with van der Waals surface area (Å²) in [5.74, 6) is -1.60. The maximum Gasteiger partial charge on any atom is 0.253 e. The molecule has 1 amide bonds. The first kappa shape index (κ1) is 20.1. The summed E-state index contributed by atoms with van der Waals surface area (Å²) in [7, 11) is 0. The van der Waals surface area contributed by atoms with Crippen LogP contribution in [0, 0.1) is 5.92 Å². The van der Waals surface area contributed by atoms with Gasteiger partial charge >= 0.3 is 0 Å². The van der Waals surface area contributed by atoms with Gasteiger partial charge in [-0.1, -0.05) is 34.8 Å². The first-order valence-corrected chi connectivity index (χ1v) is 9.52. The number of anilines is 1. The average molecular weight is 472 g/mol. The number of carbonyl (C=O) groups excluding carboxylic acids is 2. The monoisotopic (exact) mass is 469 g/mol. The lowest BCUT2D eigenvalue weighted by Crippen LogP contribution is -2.17. The zero-order chi connectivity index (χ0) is 19.2. The first-order chi connectivity index (χ1) is 12.1. The van der Waals surface area contributed by atoms with Crippen LogP contribution in [0.4, 0.5) is 5.69 Å². The van der Waals surface area contributed by atoms with Gasteiger partial charge in [0.05, 0.1) is 16.5 Å². The standard InChI is InChI=1S/C17H9Cl6NO2/c18-8-3-7(4-9(19)5-8)13-14(17(13,22)23)16(26)24-10-1-2-12(20)11(6-10)15(21)25/h1-6,13-14H,(H,24,26)/t13-,14+/m0/s1. The Labute approximate surface area is 179 Å². The number of carbonyl (C=O) groups is 2. The van der Waals surface area contributed by atoms with Crippen LogP contribution in [0.25, 0.3) is 0 Å². The lowest BCUT2D eigenvalue weighted by atomic mass is 10.1. The van der Waals surface area contributed by atoms with Crippen LogP contribution < -0.4 is 5.32 Å². The molecule has 1 aliphatic rings. The summed E-state index contributed by atoms with van der Waals surface area (Å²) in [5.41, 5.74) is 1.10. The molecule has 9 heteroatoms. The summed E-state index contributed by atoms with van der Waals surface area (Å²) in [6, 6.07) is 9.29. The molecule has 1 N–H and O–H groups in total. The third kappa shape index (κ3) is 3.94. The van der Waals surface area contributed by atoms with E-state index in [0.29, 0.717) is 21.3 Å². The Kier molecular flexibility index (Phi) is 5.70. The van der Waals surface area contributed by atoms with E-state index in [2.05, 4.69) is 5.32 Å². The highest BCUT2D eigenvalue weighted by Gasteiger charge is 2.67. The molecule has 26 heavy (non-hydrogen) atoms. The van der Waals surface area contributed by atoms with Crippen LogP contribution in [0.15, 0.2) is 36.4 Å². The smallest absolute Gasteiger partial charge is 0.253 e. The molecule has 0 radical (unpaired) electrons. The molecule has 0 aliphatic heterocycles. The van der Waals surface area contributed by atoms with Crippen LogP contribution in [0.1, 0.15) is 21.8 Å². The van der Waals surface area contributed by atoms with Crippen molar-refractivity contribution in [2.24, 2.45) is 5.92 Å². The largest absolute Gasteiger partial charge is 0.326 e. The minimum atomic E-state index is -1.30. The SMILES string of the molecule is O=C(Cl)c1cc(NC(=O)[C@H]2[C@H](c3cc(Cl)cc(Cl)c3)C2(Cl)Cl)ccc1Cl. The number of rotatable bonds is 4. The minimum absolute atomic E-state index is 0.0862. The molecule has 1 saturated carbocycles. The maximum atomic E-state index is 12.6. The van der Waals surface area contributed by atoms with Crippen LogP contribution in [-0.4, -0.2) is 15.5 Å². The zero-order valence-electron chi connectivity index (χ0n) is 12.7. The first-order valence-electron chi connectivity index (χ1n) is 7.25. The number of halogens is 6. The topological polar surface area (TPSA) is 46.2 Å². The van der Waals surface area contributed by atoms with Gasteiger partial charge in [-0.15, -0.1) is 23.2 Å². The van der Waals surface area contributed by atoms with E-state index < -0.39 is 27.3 Å². The van der Waals surface area contributed by atoms with Crippen LogP contribution in [-0.2, 0) is 4.79 Å². The van der Waals surface area contributed by atoms with E-state index in [4.69, 9.17) is 69.6 Å². The fourth-order valence-corrected chi connectivity index (χ4v) is 4.58. The molecular formula is C17H9Cl6NO2. The van der Waals surface area contributed by atoms with E-state index in [9.17, 15) is 9.59 Å². The Morgan fingerprint density at radius 1 is 0.962 bits per heavy atom. The van der Waals surface area contributed by atoms with Gasteiger partial charge in [-0.25, -0.2) is 0 Å². The Balaban J connectivity index is 1.82. The molecule has 2 aromatic carbocycles. The van der Waals surface area contributed by atoms with E-state index in [0.717, 1.165) is 0 Å². The molecule has 3 nitrogen and oxygen atoms in total. The van der Waals surface area contributed by atoms with Crippen molar-refractivity contribution in [3.05, 3.63) is 62.6 Å². The molecule has 136 valence electrons. The highest BCUT2D eigenvalue weighted by molar-refractivity contribution is 6.68. The van der Waals surface area contributed by atoms with Crippen molar-refractivity contribution in [1.29, 1.82) is 0 Å². The molecule has 0 spiro atoms. The third-order valence-corrected chi connectivity index (χ3v) is 5.94. The van der Waals surface area contributed by atoms with Gasteiger partial charge in [-0.3, -0.25) is 9.59 Å². The second-order valence-corrected chi connectivity index (χ2v) is 8.86. The van der Waals surface area contributed by atoms with Crippen LogP contribution in [0.5, 0.6) is 0 Å². The number of nitrogens with one attached hydrogen (secondary N) is 1. The molecule has 1 aliphatic carbocycles. The molecule has 3 rings (SSSR count). The summed E-state index contributed by atoms with van der Waals surface area (Å²) in [6.45, 7) is 0. The molecule has 1 fully saturated rings. The van der Waals surface area contributed by atoms with E-state index in [-0.39, 0.29) is 10.6 Å². The fourth-order valence-electron chi connectivity index (χ4n) is 2.80. The normalized spacial score (nSPS) is 20.5. The fraction of sp³-hybridized carbons (Fsp3) is 0.176. The Morgan fingerprint density at radius 2 is 1.58 bits per heavy atom. The Morgan fingerprint density at radius 3 is 2.15 bits per heavy atom. The number of amides is 1. The molecule has 2 aromatic rings. The Bertz CT molecular complexity index is 894. The van der Waals surface area contributed by atoms with Crippen molar-refractivity contribution in [2.45, 2.75) is 10.3 Å². The summed E-state index contributed by atoms with van der Waals surface area (Å²) in [5, 5.41) is 2.97. The Hall–Kier alpha value is -0.680. The van der Waals surface area contributed by atoms with Crippen LogP contribution in [0.3, 0.4) is 0 Å². The molecule has 2 atom stereocenters. The summed E-state index contributed by atoms with van der Waals surface area (Å²) >= 11 is 36.0. The van der Waals surface area contributed by atoms with Gasteiger partial charge in [0, 0.05) is 21.7 Å². The van der Waals surface area contributed by atoms with E-state index in [1.165, 1.54) is 12.1 Å². The van der Waals surface area contributed by atoms with E-state index in [1.807, 2.05) is 0 Å². The molecular weight excluding hydrogens is 463 g/mol. The predicted molar refractivity (Wildman–Crippen MR) is 107 cm³/mol. The zero-order valence-corrected chi connectivity index (χ0v) is 17.2. The maximum absolute atomic E-state index is 12.6. The van der Waals surface area contributed by atoms with Gasteiger partial charge in [0.15, 0.2) is 0 Å². The second-order valence-electron chi connectivity index (χ2n) is 5.79. The molecule has 0 bridgehead atoms. The quantitative estimate of drug-likeness (QED) is 0.406. The van der Waals surface area contributed by atoms with Gasteiger partial charge in [0.25, 0.3) is 5.24 Å². The van der Waals surface area contributed by atoms with Crippen molar-refractivity contribution >= 4 is 86.4 Å². The number of benzene rings is 2. The highest BCUT2D eigenvalue weighted by Crippen LogP contribution is 2.65. The summed E-state index contributed by atoms with van der Waals surface area (Å²) in [4.78, 5) is 24.0. The highest BCUT2D eigenvalue weighted by atomic mass is 35.5. The third-order valence-electron chi connectivity index (χ3n) is 4.03. The number of hydrogen-bond donors (Lipinski definition) is 1. The van der Waals surface area contributed by atoms with Gasteiger partial charge in [-0.2, -0.15) is 0 Å². The summed E-state index contributed by atoms with van der Waals surface area (Å²) in [6.07, 6.45) is 0. The molecule has 0 unspecified atom stereocenters. The average Bonchev–Trinajstić information content (AvgIpc) is 3.10. The lowest BCUT2D eigenvalue weighted by molar-refractivity contribution is -0.117. The molecule has 0 saturated heterocycles. The second kappa shape index (κ2) is 7.38. The van der Waals surface area contributed by atoms with Gasteiger partial charge in [0.1, 0.15) is 4.33 Å². The van der Waals surface area contributed by atoms with Crippen LogP contribution in [0.2, 0.25) is 15.1 Å². The molecule has 0 aromatic heterocycles. The summed E-state index contributed by atoms with van der Waals surface area (Å²) < 4.78 is -1.30. The minimum Gasteiger partial charge on any atom is -0.326 e. The van der Waals surface area contributed by atoms with Crippen molar-refractivity contribution in [1.82, 2.24) is 0 Å². The van der Waals surface area contributed by atoms with E-state index >= 15 is 0 Å². The van der Waals surface area contributed by atoms with Crippen molar-refractivity contribution in [3.63, 3.8) is 0 Å². The van der Waals surface area contributed by atoms with Crippen molar-refractivity contribution in [3.8, 4) is 0 Å². The molecule has 0 heterocycles. The van der Waals surface area contributed by atoms with Crippen molar-refractivity contribution in [2.75, 3.05) is 5.32 Å². The van der Waals surface area contributed by atoms with Gasteiger partial charge in [0.2, 0.25) is 5.91 Å². The predicted octanol–water partition coefficient (Wildman–Crippen LogP) is 6.55.